The topological polar surface area (TPSA) is 64.8 Å². The Bertz CT molecular complexity index is 264. The first-order chi connectivity index (χ1) is 9.45. The Balaban J connectivity index is 0.00000172. The third-order valence-electron chi connectivity index (χ3n) is 3.28. The van der Waals surface area contributed by atoms with Gasteiger partial charge in [-0.05, 0) is 12.8 Å². The first-order valence-electron chi connectivity index (χ1n) is 7.43. The van der Waals surface area contributed by atoms with Gasteiger partial charge in [-0.1, -0.05) is 13.8 Å². The van der Waals surface area contributed by atoms with Gasteiger partial charge in [-0.3, -0.25) is 15.0 Å². The van der Waals surface area contributed by atoms with E-state index >= 15 is 0 Å². The van der Waals surface area contributed by atoms with Crippen LogP contribution in [-0.4, -0.2) is 61.4 Å². The molecular formula is C14H30N2O4. The highest BCUT2D eigenvalue weighted by Gasteiger charge is 2.34. The molecule has 0 bridgehead atoms. The van der Waals surface area contributed by atoms with Crippen LogP contribution in [-0.2, 0) is 9.47 Å². The van der Waals surface area contributed by atoms with E-state index in [9.17, 15) is 10.1 Å². The van der Waals surface area contributed by atoms with E-state index in [2.05, 4.69) is 4.90 Å². The van der Waals surface area contributed by atoms with Crippen molar-refractivity contribution in [2.45, 2.75) is 52.2 Å². The molecule has 1 saturated heterocycles. The molecule has 0 aromatic heterocycles. The fraction of sp³-hybridized carbons (Fsp3) is 1.00. The smallest absolute Gasteiger partial charge is 0.229 e. The molecular weight excluding hydrogens is 260 g/mol. The van der Waals surface area contributed by atoms with Crippen molar-refractivity contribution in [3.63, 3.8) is 0 Å². The quantitative estimate of drug-likeness (QED) is 0.408. The molecule has 1 heterocycles. The van der Waals surface area contributed by atoms with Crippen molar-refractivity contribution in [3.8, 4) is 0 Å². The molecule has 0 radical (unpaired) electrons. The molecule has 0 aromatic rings. The highest BCUT2D eigenvalue weighted by atomic mass is 16.6. The maximum atomic E-state index is 10.9. The van der Waals surface area contributed by atoms with E-state index in [1.54, 1.807) is 21.0 Å². The van der Waals surface area contributed by atoms with E-state index < -0.39 is 5.54 Å². The van der Waals surface area contributed by atoms with Gasteiger partial charge in [-0.25, -0.2) is 0 Å². The summed E-state index contributed by atoms with van der Waals surface area (Å²) in [5.74, 6) is 0. The normalized spacial score (nSPS) is 17.4. The molecule has 0 aliphatic carbocycles. The van der Waals surface area contributed by atoms with Gasteiger partial charge in [-0.2, -0.15) is 0 Å². The first kappa shape index (κ1) is 19.3. The Labute approximate surface area is 122 Å². The second-order valence-electron chi connectivity index (χ2n) is 5.41. The number of piperidine rings is 1. The van der Waals surface area contributed by atoms with Crippen molar-refractivity contribution in [1.82, 2.24) is 4.90 Å². The molecule has 0 amide bonds. The lowest BCUT2D eigenvalue weighted by molar-refractivity contribution is -0.561. The summed E-state index contributed by atoms with van der Waals surface area (Å²) < 4.78 is 10.6. The van der Waals surface area contributed by atoms with Crippen LogP contribution in [0, 0.1) is 10.1 Å². The molecule has 1 rings (SSSR count). The van der Waals surface area contributed by atoms with Crippen LogP contribution >= 0.6 is 0 Å². The van der Waals surface area contributed by atoms with Gasteiger partial charge >= 0.3 is 0 Å². The van der Waals surface area contributed by atoms with Crippen molar-refractivity contribution in [3.05, 3.63) is 10.1 Å². The van der Waals surface area contributed by atoms with E-state index in [-0.39, 0.29) is 11.0 Å². The molecule has 120 valence electrons. The number of hydrogen-bond donors (Lipinski definition) is 0. The Morgan fingerprint density at radius 2 is 1.80 bits per heavy atom. The van der Waals surface area contributed by atoms with Gasteiger partial charge in [0.05, 0.1) is 25.9 Å². The average Bonchev–Trinajstić information content (AvgIpc) is 2.43. The minimum Gasteiger partial charge on any atom is -0.382 e. The highest BCUT2D eigenvalue weighted by Crippen LogP contribution is 2.17. The van der Waals surface area contributed by atoms with Crippen LogP contribution in [0.4, 0.5) is 0 Å². The van der Waals surface area contributed by atoms with Gasteiger partial charge in [0.25, 0.3) is 0 Å². The SMILES string of the molecule is CC.COCCOC1CCN(CC(C)(C)[N+](=O)[O-])CC1. The molecule has 6 heteroatoms. The zero-order valence-corrected chi connectivity index (χ0v) is 13.6. The zero-order chi connectivity index (χ0) is 15.6. The van der Waals surface area contributed by atoms with E-state index in [1.807, 2.05) is 13.8 Å². The molecule has 0 N–H and O–H groups in total. The minimum atomic E-state index is -0.871. The van der Waals surface area contributed by atoms with E-state index in [0.29, 0.717) is 19.8 Å². The van der Waals surface area contributed by atoms with Crippen molar-refractivity contribution in [1.29, 1.82) is 0 Å². The van der Waals surface area contributed by atoms with Crippen LogP contribution in [0.1, 0.15) is 40.5 Å². The number of methoxy groups -OCH3 is 1. The average molecular weight is 290 g/mol. The molecule has 1 fully saturated rings. The number of ether oxygens (including phenoxy) is 2. The molecule has 0 atom stereocenters. The van der Waals surface area contributed by atoms with E-state index in [4.69, 9.17) is 9.47 Å². The molecule has 0 saturated carbocycles. The van der Waals surface area contributed by atoms with Gasteiger partial charge < -0.3 is 9.47 Å². The highest BCUT2D eigenvalue weighted by molar-refractivity contribution is 4.78. The fourth-order valence-electron chi connectivity index (χ4n) is 2.14. The van der Waals surface area contributed by atoms with Crippen molar-refractivity contribution >= 4 is 0 Å². The third-order valence-corrected chi connectivity index (χ3v) is 3.28. The second-order valence-corrected chi connectivity index (χ2v) is 5.41. The number of nitro groups is 1. The summed E-state index contributed by atoms with van der Waals surface area (Å²) >= 11 is 0. The molecule has 1 aliphatic rings. The van der Waals surface area contributed by atoms with Crippen LogP contribution in [0.2, 0.25) is 0 Å². The number of likely N-dealkylation sites (tertiary alicyclic amines) is 1. The van der Waals surface area contributed by atoms with Crippen LogP contribution in [0.5, 0.6) is 0 Å². The lowest BCUT2D eigenvalue weighted by Gasteiger charge is -2.33. The lowest BCUT2D eigenvalue weighted by atomic mass is 10.0. The van der Waals surface area contributed by atoms with Crippen LogP contribution in [0.3, 0.4) is 0 Å². The standard InChI is InChI=1S/C12H24N2O4.C2H6/c1-12(2,14(15)16)10-13-6-4-11(5-7-13)18-9-8-17-3;1-2/h11H,4-10H2,1-3H3;1-2H3. The van der Waals surface area contributed by atoms with Gasteiger partial charge in [0.15, 0.2) is 0 Å². The van der Waals surface area contributed by atoms with E-state index in [0.717, 1.165) is 25.9 Å². The summed E-state index contributed by atoms with van der Waals surface area (Å²) in [5.41, 5.74) is -0.871. The number of nitrogens with zero attached hydrogens (tertiary/aromatic N) is 2. The van der Waals surface area contributed by atoms with Gasteiger partial charge in [-0.15, -0.1) is 0 Å². The predicted octanol–water partition coefficient (Wildman–Crippen LogP) is 2.20. The summed E-state index contributed by atoms with van der Waals surface area (Å²) in [6, 6.07) is 0. The molecule has 0 spiro atoms. The molecule has 20 heavy (non-hydrogen) atoms. The summed E-state index contributed by atoms with van der Waals surface area (Å²) in [6.07, 6.45) is 2.16. The lowest BCUT2D eigenvalue weighted by Crippen LogP contribution is -2.48. The first-order valence-corrected chi connectivity index (χ1v) is 7.43. The zero-order valence-electron chi connectivity index (χ0n) is 13.6. The Morgan fingerprint density at radius 3 is 2.25 bits per heavy atom. The van der Waals surface area contributed by atoms with Gasteiger partial charge in [0, 0.05) is 39.0 Å². The fourth-order valence-corrected chi connectivity index (χ4v) is 2.14. The predicted molar refractivity (Wildman–Crippen MR) is 79.7 cm³/mol. The van der Waals surface area contributed by atoms with Crippen molar-refractivity contribution in [2.24, 2.45) is 0 Å². The Morgan fingerprint density at radius 1 is 1.25 bits per heavy atom. The second kappa shape index (κ2) is 10.1. The van der Waals surface area contributed by atoms with Gasteiger partial charge in [0.1, 0.15) is 0 Å². The Kier molecular flexibility index (Phi) is 9.71. The maximum Gasteiger partial charge on any atom is 0.229 e. The molecule has 6 nitrogen and oxygen atoms in total. The third kappa shape index (κ3) is 7.17. The molecule has 0 unspecified atom stereocenters. The van der Waals surface area contributed by atoms with Crippen molar-refractivity contribution in [2.75, 3.05) is 40.0 Å². The number of rotatable bonds is 7. The van der Waals surface area contributed by atoms with Crippen LogP contribution in [0.25, 0.3) is 0 Å². The van der Waals surface area contributed by atoms with Crippen LogP contribution in [0.15, 0.2) is 0 Å². The number of hydrogen-bond acceptors (Lipinski definition) is 5. The molecule has 1 aliphatic heterocycles. The monoisotopic (exact) mass is 290 g/mol. The molecule has 0 aromatic carbocycles. The summed E-state index contributed by atoms with van der Waals surface area (Å²) in [4.78, 5) is 12.8. The Hall–Kier alpha value is -0.720. The largest absolute Gasteiger partial charge is 0.382 e. The summed E-state index contributed by atoms with van der Waals surface area (Å²) in [6.45, 7) is 10.8. The summed E-state index contributed by atoms with van der Waals surface area (Å²) in [5, 5.41) is 10.9. The summed E-state index contributed by atoms with van der Waals surface area (Å²) in [7, 11) is 1.66. The van der Waals surface area contributed by atoms with Crippen molar-refractivity contribution < 1.29 is 14.4 Å². The van der Waals surface area contributed by atoms with Gasteiger partial charge in [0.2, 0.25) is 5.54 Å². The van der Waals surface area contributed by atoms with Crippen LogP contribution < -0.4 is 0 Å². The minimum absolute atomic E-state index is 0.200. The van der Waals surface area contributed by atoms with E-state index in [1.165, 1.54) is 0 Å². The maximum absolute atomic E-state index is 10.9.